The van der Waals surface area contributed by atoms with Gasteiger partial charge < -0.3 is 10.0 Å². The van der Waals surface area contributed by atoms with E-state index in [4.69, 9.17) is 16.7 Å². The van der Waals surface area contributed by atoms with E-state index in [1.54, 1.807) is 0 Å². The van der Waals surface area contributed by atoms with E-state index < -0.39 is 11.3 Å². The molecule has 1 atom stereocenters. The summed E-state index contributed by atoms with van der Waals surface area (Å²) < 4.78 is 0. The van der Waals surface area contributed by atoms with Gasteiger partial charge in [0.2, 0.25) is 0 Å². The Bertz CT molecular complexity index is 393. The fourth-order valence-corrected chi connectivity index (χ4v) is 1.86. The van der Waals surface area contributed by atoms with Crippen LogP contribution in [0.3, 0.4) is 0 Å². The second kappa shape index (κ2) is 5.21. The Labute approximate surface area is 101 Å². The molecule has 0 amide bonds. The van der Waals surface area contributed by atoms with E-state index in [-0.39, 0.29) is 0 Å². The summed E-state index contributed by atoms with van der Waals surface area (Å²) in [6.07, 6.45) is 0. The first-order chi connectivity index (χ1) is 7.41. The number of hydrogen-bond donors (Lipinski definition) is 1. The second-order valence-electron chi connectivity index (χ2n) is 3.98. The van der Waals surface area contributed by atoms with E-state index in [1.165, 1.54) is 5.56 Å². The highest BCUT2D eigenvalue weighted by atomic mass is 35.5. The van der Waals surface area contributed by atoms with Gasteiger partial charge in [-0.3, -0.25) is 4.79 Å². The fraction of sp³-hybridized carbons (Fsp3) is 0.417. The number of anilines is 1. The van der Waals surface area contributed by atoms with E-state index >= 15 is 0 Å². The average molecular weight is 242 g/mol. The molecule has 0 bridgehead atoms. The third-order valence-electron chi connectivity index (χ3n) is 2.47. The van der Waals surface area contributed by atoms with Gasteiger partial charge in [0.05, 0.1) is 0 Å². The molecule has 1 N–H and O–H groups in total. The van der Waals surface area contributed by atoms with Crippen molar-refractivity contribution in [2.24, 2.45) is 0 Å². The largest absolute Gasteiger partial charge is 0.480 e. The van der Waals surface area contributed by atoms with Gasteiger partial charge in [0.15, 0.2) is 0 Å². The molecule has 1 aromatic carbocycles. The first kappa shape index (κ1) is 12.8. The summed E-state index contributed by atoms with van der Waals surface area (Å²) in [6.45, 7) is 4.32. The van der Waals surface area contributed by atoms with E-state index in [0.29, 0.717) is 6.54 Å². The number of hydrogen-bond acceptors (Lipinski definition) is 2. The zero-order valence-electron chi connectivity index (χ0n) is 9.70. The van der Waals surface area contributed by atoms with Gasteiger partial charge in [-0.25, -0.2) is 0 Å². The molecule has 0 saturated heterocycles. The van der Waals surface area contributed by atoms with Gasteiger partial charge in [-0.1, -0.05) is 17.7 Å². The van der Waals surface area contributed by atoms with Crippen LogP contribution in [0.1, 0.15) is 11.1 Å². The summed E-state index contributed by atoms with van der Waals surface area (Å²) in [5.74, 6) is -0.988. The van der Waals surface area contributed by atoms with E-state index in [0.717, 1.165) is 11.3 Å². The maximum absolute atomic E-state index is 10.6. The number of aliphatic carboxylic acids is 1. The number of alkyl halides is 1. The quantitative estimate of drug-likeness (QED) is 0.824. The van der Waals surface area contributed by atoms with Crippen LogP contribution in [0.5, 0.6) is 0 Å². The summed E-state index contributed by atoms with van der Waals surface area (Å²) >= 11 is 5.70. The molecule has 4 heteroatoms. The van der Waals surface area contributed by atoms with Crippen molar-refractivity contribution in [2.75, 3.05) is 18.5 Å². The standard InChI is InChI=1S/C12H16ClNO2/c1-8-4-5-11(9(2)6-8)14(3)7-10(13)12(15)16/h4-6,10H,7H2,1-3H3,(H,15,16). The minimum Gasteiger partial charge on any atom is -0.480 e. The summed E-state index contributed by atoms with van der Waals surface area (Å²) in [5, 5.41) is 7.85. The normalized spacial score (nSPS) is 12.2. The molecule has 16 heavy (non-hydrogen) atoms. The van der Waals surface area contributed by atoms with Crippen molar-refractivity contribution in [3.8, 4) is 0 Å². The summed E-state index contributed by atoms with van der Waals surface area (Å²) in [7, 11) is 1.84. The van der Waals surface area contributed by atoms with Crippen LogP contribution in [0.25, 0.3) is 0 Å². The zero-order valence-corrected chi connectivity index (χ0v) is 10.5. The van der Waals surface area contributed by atoms with Crippen molar-refractivity contribution in [3.63, 3.8) is 0 Å². The van der Waals surface area contributed by atoms with Crippen molar-refractivity contribution in [1.29, 1.82) is 0 Å². The van der Waals surface area contributed by atoms with Gasteiger partial charge in [0.25, 0.3) is 0 Å². The highest BCUT2D eigenvalue weighted by molar-refractivity contribution is 6.30. The lowest BCUT2D eigenvalue weighted by Gasteiger charge is -2.22. The Kier molecular flexibility index (Phi) is 4.19. The van der Waals surface area contributed by atoms with E-state index in [9.17, 15) is 4.79 Å². The molecule has 0 radical (unpaired) electrons. The third-order valence-corrected chi connectivity index (χ3v) is 2.79. The number of benzene rings is 1. The molecule has 0 aliphatic rings. The lowest BCUT2D eigenvalue weighted by atomic mass is 10.1. The second-order valence-corrected chi connectivity index (χ2v) is 4.50. The molecular weight excluding hydrogens is 226 g/mol. The number of carboxylic acid groups (broad SMARTS) is 1. The van der Waals surface area contributed by atoms with Crippen LogP contribution in [0.2, 0.25) is 0 Å². The summed E-state index contributed by atoms with van der Waals surface area (Å²) in [5.41, 5.74) is 3.32. The smallest absolute Gasteiger partial charge is 0.323 e. The van der Waals surface area contributed by atoms with Gasteiger partial charge in [-0.15, -0.1) is 11.6 Å². The number of aryl methyl sites for hydroxylation is 2. The minimum atomic E-state index is -0.988. The maximum Gasteiger partial charge on any atom is 0.323 e. The van der Waals surface area contributed by atoms with Gasteiger partial charge in [0, 0.05) is 19.3 Å². The maximum atomic E-state index is 10.6. The van der Waals surface area contributed by atoms with Gasteiger partial charge in [-0.2, -0.15) is 0 Å². The SMILES string of the molecule is Cc1ccc(N(C)CC(Cl)C(=O)O)c(C)c1. The molecule has 1 rings (SSSR count). The first-order valence-electron chi connectivity index (χ1n) is 5.07. The molecule has 0 aromatic heterocycles. The number of halogens is 1. The molecule has 1 unspecified atom stereocenters. The summed E-state index contributed by atoms with van der Waals surface area (Å²) in [6, 6.07) is 6.05. The molecule has 3 nitrogen and oxygen atoms in total. The Morgan fingerprint density at radius 2 is 2.12 bits per heavy atom. The highest BCUT2D eigenvalue weighted by Gasteiger charge is 2.16. The number of carbonyl (C=O) groups is 1. The van der Waals surface area contributed by atoms with Crippen molar-refractivity contribution in [2.45, 2.75) is 19.2 Å². The van der Waals surface area contributed by atoms with Crippen LogP contribution < -0.4 is 4.90 Å². The van der Waals surface area contributed by atoms with Gasteiger partial charge in [0.1, 0.15) is 5.38 Å². The minimum absolute atomic E-state index is 0.292. The molecule has 1 aromatic rings. The van der Waals surface area contributed by atoms with Crippen LogP contribution in [0, 0.1) is 13.8 Å². The van der Waals surface area contributed by atoms with Crippen molar-refractivity contribution in [1.82, 2.24) is 0 Å². The molecule has 88 valence electrons. The highest BCUT2D eigenvalue weighted by Crippen LogP contribution is 2.20. The van der Waals surface area contributed by atoms with Crippen LogP contribution in [0.15, 0.2) is 18.2 Å². The predicted molar refractivity (Wildman–Crippen MR) is 66.5 cm³/mol. The zero-order chi connectivity index (χ0) is 12.3. The monoisotopic (exact) mass is 241 g/mol. The number of nitrogens with zero attached hydrogens (tertiary/aromatic N) is 1. The predicted octanol–water partition coefficient (Wildman–Crippen LogP) is 2.43. The lowest BCUT2D eigenvalue weighted by Crippen LogP contribution is -2.31. The van der Waals surface area contributed by atoms with Gasteiger partial charge in [-0.05, 0) is 25.5 Å². The Hall–Kier alpha value is -1.22. The Morgan fingerprint density at radius 1 is 1.50 bits per heavy atom. The topological polar surface area (TPSA) is 40.5 Å². The van der Waals surface area contributed by atoms with Crippen molar-refractivity contribution < 1.29 is 9.90 Å². The van der Waals surface area contributed by atoms with Crippen LogP contribution in [-0.4, -0.2) is 30.0 Å². The van der Waals surface area contributed by atoms with Crippen molar-refractivity contribution in [3.05, 3.63) is 29.3 Å². The first-order valence-corrected chi connectivity index (χ1v) is 5.50. The fourth-order valence-electron chi connectivity index (χ4n) is 1.65. The molecule has 0 heterocycles. The van der Waals surface area contributed by atoms with Crippen molar-refractivity contribution >= 4 is 23.3 Å². The molecular formula is C12H16ClNO2. The molecule has 0 saturated carbocycles. The van der Waals surface area contributed by atoms with Crippen LogP contribution in [0.4, 0.5) is 5.69 Å². The Morgan fingerprint density at radius 3 is 2.62 bits per heavy atom. The van der Waals surface area contributed by atoms with Crippen LogP contribution in [-0.2, 0) is 4.79 Å². The third kappa shape index (κ3) is 3.14. The number of carboxylic acids is 1. The van der Waals surface area contributed by atoms with Crippen LogP contribution >= 0.6 is 11.6 Å². The molecule has 0 aliphatic heterocycles. The summed E-state index contributed by atoms with van der Waals surface area (Å²) in [4.78, 5) is 12.5. The van der Waals surface area contributed by atoms with Gasteiger partial charge >= 0.3 is 5.97 Å². The molecule has 0 aliphatic carbocycles. The lowest BCUT2D eigenvalue weighted by molar-refractivity contribution is -0.136. The Balaban J connectivity index is 2.80. The number of rotatable bonds is 4. The van der Waals surface area contributed by atoms with E-state index in [1.807, 2.05) is 37.9 Å². The molecule has 0 spiro atoms. The molecule has 0 fully saturated rings. The van der Waals surface area contributed by atoms with E-state index in [2.05, 4.69) is 6.07 Å². The average Bonchev–Trinajstić information content (AvgIpc) is 2.16.